The summed E-state index contributed by atoms with van der Waals surface area (Å²) in [5.74, 6) is 0.207. The Hall–Kier alpha value is -1.75. The lowest BCUT2D eigenvalue weighted by molar-refractivity contribution is 0.0598. The number of carbonyl (C=O) groups is 1. The molecular formula is C14H16N2O3. The van der Waals surface area contributed by atoms with Crippen LogP contribution in [-0.2, 0) is 10.2 Å². The van der Waals surface area contributed by atoms with E-state index in [1.54, 1.807) is 0 Å². The molecule has 3 N–H and O–H groups in total. The van der Waals surface area contributed by atoms with Gasteiger partial charge >= 0.3 is 5.97 Å². The normalized spacial score (nSPS) is 33.7. The lowest BCUT2D eigenvalue weighted by atomic mass is 9.82. The van der Waals surface area contributed by atoms with E-state index < -0.39 is 6.10 Å². The van der Waals surface area contributed by atoms with Crippen LogP contribution in [0.25, 0.3) is 0 Å². The number of hydrogen-bond acceptors (Lipinski definition) is 4. The molecule has 3 atom stereocenters. The van der Waals surface area contributed by atoms with E-state index >= 15 is 0 Å². The van der Waals surface area contributed by atoms with Crippen molar-refractivity contribution in [2.45, 2.75) is 24.9 Å². The molecule has 5 nitrogen and oxygen atoms in total. The molecule has 1 saturated carbocycles. The highest BCUT2D eigenvalue weighted by atomic mass is 16.5. The predicted molar refractivity (Wildman–Crippen MR) is 67.7 cm³/mol. The molecule has 2 heterocycles. The topological polar surface area (TPSA) is 74.4 Å². The number of hydrogen-bond donors (Lipinski definition) is 3. The first-order chi connectivity index (χ1) is 9.09. The van der Waals surface area contributed by atoms with Crippen molar-refractivity contribution in [1.82, 2.24) is 10.3 Å². The van der Waals surface area contributed by atoms with Gasteiger partial charge in [-0.15, -0.1) is 0 Å². The van der Waals surface area contributed by atoms with Crippen LogP contribution in [0.2, 0.25) is 0 Å². The molecule has 0 radical (unpaired) electrons. The zero-order valence-corrected chi connectivity index (χ0v) is 10.9. The lowest BCUT2D eigenvalue weighted by Crippen LogP contribution is -2.25. The van der Waals surface area contributed by atoms with Gasteiger partial charge in [0.2, 0.25) is 0 Å². The maximum atomic E-state index is 12.1. The van der Waals surface area contributed by atoms with E-state index in [0.717, 1.165) is 35.6 Å². The second kappa shape index (κ2) is 3.22. The molecular weight excluding hydrogens is 244 g/mol. The third kappa shape index (κ3) is 1.12. The first-order valence-electron chi connectivity index (χ1n) is 6.55. The van der Waals surface area contributed by atoms with Crippen LogP contribution < -0.4 is 5.32 Å². The summed E-state index contributed by atoms with van der Waals surface area (Å²) in [6.07, 6.45) is 2.23. The zero-order chi connectivity index (χ0) is 13.4. The van der Waals surface area contributed by atoms with Crippen LogP contribution in [0.4, 0.5) is 0 Å². The van der Waals surface area contributed by atoms with E-state index in [1.165, 1.54) is 7.11 Å². The zero-order valence-electron chi connectivity index (χ0n) is 10.9. The number of aromatic nitrogens is 1. The summed E-state index contributed by atoms with van der Waals surface area (Å²) in [6.45, 7) is 2.77. The molecule has 1 spiro atoms. The summed E-state index contributed by atoms with van der Waals surface area (Å²) in [6, 6.07) is 0. The van der Waals surface area contributed by atoms with Crippen molar-refractivity contribution in [3.05, 3.63) is 34.3 Å². The van der Waals surface area contributed by atoms with Crippen molar-refractivity contribution in [2.24, 2.45) is 5.92 Å². The highest BCUT2D eigenvalue weighted by Crippen LogP contribution is 2.65. The van der Waals surface area contributed by atoms with Crippen molar-refractivity contribution >= 4 is 5.97 Å². The summed E-state index contributed by atoms with van der Waals surface area (Å²) in [4.78, 5) is 15.2. The van der Waals surface area contributed by atoms with Crippen LogP contribution in [0.3, 0.4) is 0 Å². The van der Waals surface area contributed by atoms with Crippen LogP contribution in [0.15, 0.2) is 11.8 Å². The van der Waals surface area contributed by atoms with Gasteiger partial charge in [0.25, 0.3) is 0 Å². The maximum Gasteiger partial charge on any atom is 0.340 e. The number of piperidine rings is 1. The number of ether oxygens (including phenoxy) is 1. The van der Waals surface area contributed by atoms with E-state index in [4.69, 9.17) is 4.74 Å². The van der Waals surface area contributed by atoms with Gasteiger partial charge in [-0.3, -0.25) is 0 Å². The lowest BCUT2D eigenvalue weighted by Gasteiger charge is -2.25. The number of allylic oxidation sites excluding steroid dienone is 1. The maximum absolute atomic E-state index is 12.1. The van der Waals surface area contributed by atoms with Crippen LogP contribution >= 0.6 is 0 Å². The number of aliphatic hydroxyl groups is 1. The molecule has 4 rings (SSSR count). The minimum Gasteiger partial charge on any atom is -0.465 e. The Labute approximate surface area is 110 Å². The fraction of sp³-hybridized carbons (Fsp3) is 0.500. The molecule has 1 aliphatic heterocycles. The van der Waals surface area contributed by atoms with Crippen molar-refractivity contribution in [2.75, 3.05) is 13.7 Å². The van der Waals surface area contributed by atoms with E-state index in [2.05, 4.69) is 10.3 Å². The summed E-state index contributed by atoms with van der Waals surface area (Å²) in [5.41, 5.74) is 4.08. The summed E-state index contributed by atoms with van der Waals surface area (Å²) < 4.78 is 4.91. The van der Waals surface area contributed by atoms with Crippen molar-refractivity contribution in [1.29, 1.82) is 0 Å². The number of rotatable bonds is 1. The molecule has 3 aliphatic rings. The number of fused-ring (bicyclic) bond motifs is 1. The molecule has 0 amide bonds. The van der Waals surface area contributed by atoms with Gasteiger partial charge in [-0.05, 0) is 25.3 Å². The average Bonchev–Trinajstić information content (AvgIpc) is 2.83. The molecule has 1 aromatic rings. The van der Waals surface area contributed by atoms with Gasteiger partial charge in [0.1, 0.15) is 6.10 Å². The number of H-pyrrole nitrogens is 1. The van der Waals surface area contributed by atoms with Crippen LogP contribution in [-0.4, -0.2) is 29.7 Å². The molecule has 5 heteroatoms. The van der Waals surface area contributed by atoms with Crippen molar-refractivity contribution in [3.63, 3.8) is 0 Å². The summed E-state index contributed by atoms with van der Waals surface area (Å²) >= 11 is 0. The van der Waals surface area contributed by atoms with Gasteiger partial charge < -0.3 is 20.1 Å². The Morgan fingerprint density at radius 3 is 3.05 bits per heavy atom. The summed E-state index contributed by atoms with van der Waals surface area (Å²) in [5, 5.41) is 13.6. The largest absolute Gasteiger partial charge is 0.465 e. The third-order valence-electron chi connectivity index (χ3n) is 4.80. The molecule has 2 aliphatic carbocycles. The number of esters is 1. The Morgan fingerprint density at radius 2 is 2.37 bits per heavy atom. The molecule has 2 fully saturated rings. The number of nitrogens with one attached hydrogen (secondary N) is 2. The van der Waals surface area contributed by atoms with Crippen molar-refractivity contribution in [3.8, 4) is 0 Å². The Morgan fingerprint density at radius 1 is 1.58 bits per heavy atom. The number of methoxy groups -OCH3 is 1. The number of carbonyl (C=O) groups excluding carboxylic acids is 1. The Balaban J connectivity index is 1.99. The number of aryl methyl sites for hydroxylation is 1. The monoisotopic (exact) mass is 260 g/mol. The molecule has 0 aromatic carbocycles. The Bertz CT molecular complexity index is 631. The van der Waals surface area contributed by atoms with E-state index in [-0.39, 0.29) is 11.4 Å². The molecule has 1 unspecified atom stereocenters. The summed E-state index contributed by atoms with van der Waals surface area (Å²) in [7, 11) is 1.39. The molecule has 1 saturated heterocycles. The van der Waals surface area contributed by atoms with Crippen molar-refractivity contribution < 1.29 is 14.6 Å². The SMILES string of the molecule is COC(=O)c1c(C)[nH]c2c1[C@@]13C[C@@H]1CNC3=CC2O. The number of aliphatic hydroxyl groups excluding tert-OH is 1. The molecule has 1 aromatic heterocycles. The third-order valence-corrected chi connectivity index (χ3v) is 4.80. The minimum atomic E-state index is -0.681. The highest BCUT2D eigenvalue weighted by Gasteiger charge is 2.65. The van der Waals surface area contributed by atoms with Crippen LogP contribution in [0, 0.1) is 12.8 Å². The average molecular weight is 260 g/mol. The fourth-order valence-corrected chi connectivity index (χ4v) is 3.88. The van der Waals surface area contributed by atoms with Crippen LogP contribution in [0.5, 0.6) is 0 Å². The molecule has 0 bridgehead atoms. The van der Waals surface area contributed by atoms with Crippen LogP contribution in [0.1, 0.15) is 39.8 Å². The van der Waals surface area contributed by atoms with Gasteiger partial charge in [0, 0.05) is 28.9 Å². The second-order valence-corrected chi connectivity index (χ2v) is 5.68. The van der Waals surface area contributed by atoms with Gasteiger partial charge in [0.15, 0.2) is 0 Å². The van der Waals surface area contributed by atoms with E-state index in [1.807, 2.05) is 13.0 Å². The Kier molecular flexibility index (Phi) is 1.88. The number of aromatic amines is 1. The molecule has 19 heavy (non-hydrogen) atoms. The van der Waals surface area contributed by atoms with Gasteiger partial charge in [0.05, 0.1) is 18.4 Å². The second-order valence-electron chi connectivity index (χ2n) is 5.68. The van der Waals surface area contributed by atoms with E-state index in [9.17, 15) is 9.90 Å². The van der Waals surface area contributed by atoms with Gasteiger partial charge in [-0.1, -0.05) is 0 Å². The first-order valence-corrected chi connectivity index (χ1v) is 6.55. The standard InChI is InChI=1S/C14H16N2O3/c1-6-10(13(18)19-2)11-12(16-6)8(17)3-9-14(11)4-7(14)5-15-9/h3,7-8,15-17H,4-5H2,1-2H3/t7-,8?,14+/m1/s1. The van der Waals surface area contributed by atoms with E-state index in [0.29, 0.717) is 11.5 Å². The molecule has 100 valence electrons. The smallest absolute Gasteiger partial charge is 0.340 e. The fourth-order valence-electron chi connectivity index (χ4n) is 3.88. The highest BCUT2D eigenvalue weighted by molar-refractivity contribution is 5.94. The minimum absolute atomic E-state index is 0.0805. The van der Waals surface area contributed by atoms with Gasteiger partial charge in [-0.2, -0.15) is 0 Å². The van der Waals surface area contributed by atoms with Gasteiger partial charge in [-0.25, -0.2) is 4.79 Å². The quantitative estimate of drug-likeness (QED) is 0.656. The first kappa shape index (κ1) is 11.1. The predicted octanol–water partition coefficient (Wildman–Crippen LogP) is 0.902.